The summed E-state index contributed by atoms with van der Waals surface area (Å²) in [7, 11) is 0. The number of rotatable bonds is 8. The molecular formula is C16H28N2. The van der Waals surface area contributed by atoms with E-state index in [0.717, 1.165) is 24.7 Å². The van der Waals surface area contributed by atoms with Crippen molar-refractivity contribution >= 4 is 5.69 Å². The first-order valence-corrected chi connectivity index (χ1v) is 7.23. The Hall–Kier alpha value is -1.02. The molecule has 1 aromatic rings. The van der Waals surface area contributed by atoms with Crippen LogP contribution in [0, 0.1) is 5.92 Å². The zero-order chi connectivity index (χ0) is 13.4. The van der Waals surface area contributed by atoms with E-state index in [4.69, 9.17) is 5.73 Å². The highest BCUT2D eigenvalue weighted by atomic mass is 14.9. The van der Waals surface area contributed by atoms with Gasteiger partial charge in [0.05, 0.1) is 0 Å². The molecule has 1 aromatic carbocycles. The number of anilines is 1. The Labute approximate surface area is 112 Å². The fraction of sp³-hybridized carbons (Fsp3) is 0.625. The fourth-order valence-electron chi connectivity index (χ4n) is 2.19. The lowest BCUT2D eigenvalue weighted by Gasteiger charge is -2.16. The van der Waals surface area contributed by atoms with Crippen molar-refractivity contribution in [2.45, 2.75) is 46.0 Å². The van der Waals surface area contributed by atoms with Crippen LogP contribution in [0.2, 0.25) is 0 Å². The highest BCUT2D eigenvalue weighted by Crippen LogP contribution is 2.19. The maximum Gasteiger partial charge on any atom is 0.0314 e. The summed E-state index contributed by atoms with van der Waals surface area (Å²) in [6.45, 7) is 9.08. The molecule has 0 heterocycles. The molecule has 0 aliphatic carbocycles. The molecule has 0 radical (unpaired) electrons. The molecule has 0 aliphatic heterocycles. The Bertz CT molecular complexity index is 314. The Kier molecular flexibility index (Phi) is 6.81. The molecule has 1 atom stereocenters. The summed E-state index contributed by atoms with van der Waals surface area (Å²) >= 11 is 0. The zero-order valence-corrected chi connectivity index (χ0v) is 12.1. The molecule has 0 saturated heterocycles. The third kappa shape index (κ3) is 5.09. The third-order valence-electron chi connectivity index (χ3n) is 3.85. The summed E-state index contributed by atoms with van der Waals surface area (Å²) in [5, 5.41) is 3.57. The Balaban J connectivity index is 2.25. The summed E-state index contributed by atoms with van der Waals surface area (Å²) in [4.78, 5) is 0. The van der Waals surface area contributed by atoms with E-state index < -0.39 is 0 Å². The SMILES string of the molecule is CCC(CC)CNCCC(C)c1ccc(N)cc1. The maximum atomic E-state index is 5.70. The van der Waals surface area contributed by atoms with Gasteiger partial charge in [0, 0.05) is 5.69 Å². The molecule has 0 bridgehead atoms. The molecule has 2 heteroatoms. The Morgan fingerprint density at radius 3 is 2.28 bits per heavy atom. The van der Waals surface area contributed by atoms with Crippen LogP contribution in [0.3, 0.4) is 0 Å². The third-order valence-corrected chi connectivity index (χ3v) is 3.85. The van der Waals surface area contributed by atoms with Crippen LogP contribution in [0.1, 0.15) is 51.5 Å². The van der Waals surface area contributed by atoms with Crippen LogP contribution in [-0.2, 0) is 0 Å². The van der Waals surface area contributed by atoms with E-state index >= 15 is 0 Å². The van der Waals surface area contributed by atoms with E-state index in [1.165, 1.54) is 24.8 Å². The van der Waals surface area contributed by atoms with Crippen LogP contribution in [0.4, 0.5) is 5.69 Å². The van der Waals surface area contributed by atoms with Crippen LogP contribution in [0.5, 0.6) is 0 Å². The van der Waals surface area contributed by atoms with Crippen molar-refractivity contribution in [1.82, 2.24) is 5.32 Å². The molecule has 18 heavy (non-hydrogen) atoms. The molecule has 3 N–H and O–H groups in total. The monoisotopic (exact) mass is 248 g/mol. The van der Waals surface area contributed by atoms with Gasteiger partial charge >= 0.3 is 0 Å². The topological polar surface area (TPSA) is 38.0 Å². The van der Waals surface area contributed by atoms with Crippen LogP contribution in [0.15, 0.2) is 24.3 Å². The molecule has 0 fully saturated rings. The van der Waals surface area contributed by atoms with E-state index in [1.807, 2.05) is 12.1 Å². The summed E-state index contributed by atoms with van der Waals surface area (Å²) in [6, 6.07) is 8.26. The lowest BCUT2D eigenvalue weighted by atomic mass is 9.97. The van der Waals surface area contributed by atoms with Crippen molar-refractivity contribution in [3.63, 3.8) is 0 Å². The minimum Gasteiger partial charge on any atom is -0.399 e. The summed E-state index contributed by atoms with van der Waals surface area (Å²) in [5.74, 6) is 1.43. The summed E-state index contributed by atoms with van der Waals surface area (Å²) < 4.78 is 0. The summed E-state index contributed by atoms with van der Waals surface area (Å²) in [6.07, 6.45) is 3.73. The first-order chi connectivity index (χ1) is 8.67. The van der Waals surface area contributed by atoms with Gasteiger partial charge in [0.25, 0.3) is 0 Å². The van der Waals surface area contributed by atoms with Gasteiger partial charge in [0.1, 0.15) is 0 Å². The smallest absolute Gasteiger partial charge is 0.0314 e. The molecule has 0 aromatic heterocycles. The van der Waals surface area contributed by atoms with Crippen LogP contribution in [-0.4, -0.2) is 13.1 Å². The number of benzene rings is 1. The van der Waals surface area contributed by atoms with Crippen LogP contribution >= 0.6 is 0 Å². The molecule has 2 nitrogen and oxygen atoms in total. The Morgan fingerprint density at radius 1 is 1.11 bits per heavy atom. The molecular weight excluding hydrogens is 220 g/mol. The van der Waals surface area contributed by atoms with Gasteiger partial charge < -0.3 is 11.1 Å². The molecule has 102 valence electrons. The standard InChI is InChI=1S/C16H28N2/c1-4-14(5-2)12-18-11-10-13(3)15-6-8-16(17)9-7-15/h6-9,13-14,18H,4-5,10-12,17H2,1-3H3. The van der Waals surface area contributed by atoms with Gasteiger partial charge in [-0.1, -0.05) is 45.7 Å². The number of hydrogen-bond acceptors (Lipinski definition) is 2. The molecule has 0 saturated carbocycles. The van der Waals surface area contributed by atoms with Crippen molar-refractivity contribution < 1.29 is 0 Å². The van der Waals surface area contributed by atoms with Gasteiger partial charge in [0.15, 0.2) is 0 Å². The molecule has 0 amide bonds. The lowest BCUT2D eigenvalue weighted by molar-refractivity contribution is 0.442. The molecule has 1 rings (SSSR count). The van der Waals surface area contributed by atoms with Crippen molar-refractivity contribution in [1.29, 1.82) is 0 Å². The van der Waals surface area contributed by atoms with Gasteiger partial charge in [-0.25, -0.2) is 0 Å². The number of hydrogen-bond donors (Lipinski definition) is 2. The molecule has 0 aliphatic rings. The first-order valence-electron chi connectivity index (χ1n) is 7.23. The average Bonchev–Trinajstić information content (AvgIpc) is 2.39. The van der Waals surface area contributed by atoms with Crippen LogP contribution < -0.4 is 11.1 Å². The average molecular weight is 248 g/mol. The van der Waals surface area contributed by atoms with Crippen molar-refractivity contribution in [2.24, 2.45) is 5.92 Å². The zero-order valence-electron chi connectivity index (χ0n) is 12.1. The normalized spacial score (nSPS) is 12.9. The Morgan fingerprint density at radius 2 is 1.72 bits per heavy atom. The van der Waals surface area contributed by atoms with E-state index in [1.54, 1.807) is 0 Å². The lowest BCUT2D eigenvalue weighted by Crippen LogP contribution is -2.24. The second-order valence-corrected chi connectivity index (χ2v) is 5.24. The molecule has 0 spiro atoms. The number of nitrogens with two attached hydrogens (primary N) is 1. The van der Waals surface area contributed by atoms with E-state index in [2.05, 4.69) is 38.2 Å². The first kappa shape index (κ1) is 15.0. The minimum absolute atomic E-state index is 0.597. The predicted octanol–water partition coefficient (Wildman–Crippen LogP) is 3.79. The van der Waals surface area contributed by atoms with E-state index in [0.29, 0.717) is 5.92 Å². The van der Waals surface area contributed by atoms with Gasteiger partial charge in [0.2, 0.25) is 0 Å². The van der Waals surface area contributed by atoms with Gasteiger partial charge in [-0.2, -0.15) is 0 Å². The van der Waals surface area contributed by atoms with Gasteiger partial charge in [-0.15, -0.1) is 0 Å². The van der Waals surface area contributed by atoms with E-state index in [9.17, 15) is 0 Å². The second kappa shape index (κ2) is 8.15. The minimum atomic E-state index is 0.597. The predicted molar refractivity (Wildman–Crippen MR) is 80.8 cm³/mol. The highest BCUT2D eigenvalue weighted by Gasteiger charge is 2.06. The van der Waals surface area contributed by atoms with Crippen molar-refractivity contribution in [3.05, 3.63) is 29.8 Å². The quantitative estimate of drug-likeness (QED) is 0.542. The fourth-order valence-corrected chi connectivity index (χ4v) is 2.19. The van der Waals surface area contributed by atoms with Crippen molar-refractivity contribution in [2.75, 3.05) is 18.8 Å². The highest BCUT2D eigenvalue weighted by molar-refractivity contribution is 5.40. The number of nitrogen functional groups attached to an aromatic ring is 1. The largest absolute Gasteiger partial charge is 0.399 e. The maximum absolute atomic E-state index is 5.70. The number of nitrogens with one attached hydrogen (secondary N) is 1. The van der Waals surface area contributed by atoms with Gasteiger partial charge in [-0.05, 0) is 49.0 Å². The second-order valence-electron chi connectivity index (χ2n) is 5.24. The van der Waals surface area contributed by atoms with Crippen molar-refractivity contribution in [3.8, 4) is 0 Å². The summed E-state index contributed by atoms with van der Waals surface area (Å²) in [5.41, 5.74) is 7.93. The van der Waals surface area contributed by atoms with Gasteiger partial charge in [-0.3, -0.25) is 0 Å². The molecule has 1 unspecified atom stereocenters. The van der Waals surface area contributed by atoms with Crippen LogP contribution in [0.25, 0.3) is 0 Å². The van der Waals surface area contributed by atoms with E-state index in [-0.39, 0.29) is 0 Å².